The normalized spacial score (nSPS) is 13.3. The minimum absolute atomic E-state index is 0. The molecule has 1 aliphatic heterocycles. The largest absolute Gasteiger partial charge is 0.212 e. The molecule has 22 heavy (non-hydrogen) atoms. The molecule has 0 N–H and O–H groups in total. The summed E-state index contributed by atoms with van der Waals surface area (Å²) in [6.45, 7) is 4.31. The van der Waals surface area contributed by atoms with E-state index < -0.39 is 0 Å². The molecule has 3 rings (SSSR count). The van der Waals surface area contributed by atoms with Crippen LogP contribution in [-0.4, -0.2) is 26.3 Å². The summed E-state index contributed by atoms with van der Waals surface area (Å²) >= 11 is 1.71. The van der Waals surface area contributed by atoms with E-state index in [4.69, 9.17) is 5.10 Å². The first-order valence-electron chi connectivity index (χ1n) is 7.50. The van der Waals surface area contributed by atoms with E-state index in [0.29, 0.717) is 0 Å². The van der Waals surface area contributed by atoms with E-state index in [0.717, 1.165) is 35.3 Å². The molecule has 118 valence electrons. The second-order valence-electron chi connectivity index (χ2n) is 5.37. The van der Waals surface area contributed by atoms with Crippen LogP contribution in [0.3, 0.4) is 0 Å². The van der Waals surface area contributed by atoms with Crippen LogP contribution in [0.15, 0.2) is 34.5 Å². The maximum Gasteiger partial charge on any atom is 0.212 e. The van der Waals surface area contributed by atoms with E-state index in [1.54, 1.807) is 11.8 Å². The SMILES string of the molecule is Br.CCCCCc1nnc2n1N=C(c1ccc(C)cc1)CS2. The van der Waals surface area contributed by atoms with Crippen molar-refractivity contribution in [3.05, 3.63) is 41.2 Å². The first kappa shape index (κ1) is 17.2. The molecule has 4 nitrogen and oxygen atoms in total. The molecule has 2 heterocycles. The third-order valence-corrected chi connectivity index (χ3v) is 4.55. The summed E-state index contributed by atoms with van der Waals surface area (Å²) in [6.07, 6.45) is 4.54. The highest BCUT2D eigenvalue weighted by atomic mass is 79.9. The molecule has 2 aromatic rings. The van der Waals surface area contributed by atoms with Crippen LogP contribution in [0.4, 0.5) is 0 Å². The predicted octanol–water partition coefficient (Wildman–Crippen LogP) is 4.26. The van der Waals surface area contributed by atoms with Gasteiger partial charge in [0.1, 0.15) is 0 Å². The Morgan fingerprint density at radius 1 is 1.14 bits per heavy atom. The standard InChI is InChI=1S/C16H20N4S.BrH/c1-3-4-5-6-15-17-18-16-20(15)19-14(11-21-16)13-9-7-12(2)8-10-13;/h7-10H,3-6,11H2,1-2H3;1H. The van der Waals surface area contributed by atoms with Gasteiger partial charge in [0.2, 0.25) is 5.16 Å². The molecule has 6 heteroatoms. The highest BCUT2D eigenvalue weighted by Crippen LogP contribution is 2.24. The van der Waals surface area contributed by atoms with Gasteiger partial charge in [-0.3, -0.25) is 0 Å². The van der Waals surface area contributed by atoms with Gasteiger partial charge in [-0.25, -0.2) is 0 Å². The zero-order chi connectivity index (χ0) is 14.7. The van der Waals surface area contributed by atoms with E-state index in [9.17, 15) is 0 Å². The van der Waals surface area contributed by atoms with Gasteiger partial charge in [-0.1, -0.05) is 61.4 Å². The van der Waals surface area contributed by atoms with Crippen molar-refractivity contribution in [2.75, 3.05) is 5.75 Å². The lowest BCUT2D eigenvalue weighted by molar-refractivity contribution is 0.647. The molecule has 0 aliphatic carbocycles. The molecule has 0 unspecified atom stereocenters. The lowest BCUT2D eigenvalue weighted by atomic mass is 10.1. The number of hydrogen-bond acceptors (Lipinski definition) is 4. The highest BCUT2D eigenvalue weighted by molar-refractivity contribution is 8.93. The fourth-order valence-corrected chi connectivity index (χ4v) is 3.20. The van der Waals surface area contributed by atoms with Crippen molar-refractivity contribution in [1.29, 1.82) is 0 Å². The summed E-state index contributed by atoms with van der Waals surface area (Å²) in [4.78, 5) is 0. The summed E-state index contributed by atoms with van der Waals surface area (Å²) in [5.41, 5.74) is 3.56. The second-order valence-corrected chi connectivity index (χ2v) is 6.31. The molecule has 0 fully saturated rings. The molecular weight excluding hydrogens is 360 g/mol. The van der Waals surface area contributed by atoms with Crippen LogP contribution in [0.25, 0.3) is 0 Å². The fourth-order valence-electron chi connectivity index (χ4n) is 2.34. The zero-order valence-electron chi connectivity index (χ0n) is 13.0. The number of hydrogen-bond donors (Lipinski definition) is 0. The quantitative estimate of drug-likeness (QED) is 0.727. The predicted molar refractivity (Wildman–Crippen MR) is 97.4 cm³/mol. The molecule has 1 aliphatic rings. The van der Waals surface area contributed by atoms with Crippen LogP contribution < -0.4 is 0 Å². The molecule has 1 aromatic heterocycles. The third kappa shape index (κ3) is 3.79. The Kier molecular flexibility index (Phi) is 6.20. The van der Waals surface area contributed by atoms with Gasteiger partial charge in [0, 0.05) is 12.2 Å². The van der Waals surface area contributed by atoms with Crippen molar-refractivity contribution in [3.8, 4) is 0 Å². The number of halogens is 1. The summed E-state index contributed by atoms with van der Waals surface area (Å²) in [6, 6.07) is 8.54. The van der Waals surface area contributed by atoms with Crippen molar-refractivity contribution < 1.29 is 0 Å². The minimum Gasteiger partial charge on any atom is -0.191 e. The molecule has 0 amide bonds. The van der Waals surface area contributed by atoms with Crippen LogP contribution >= 0.6 is 28.7 Å². The van der Waals surface area contributed by atoms with E-state index in [2.05, 4.69) is 48.3 Å². The van der Waals surface area contributed by atoms with Gasteiger partial charge in [0.25, 0.3) is 0 Å². The van der Waals surface area contributed by atoms with E-state index in [1.807, 2.05) is 4.68 Å². The summed E-state index contributed by atoms with van der Waals surface area (Å²) < 4.78 is 1.93. The Balaban J connectivity index is 0.00000176. The molecule has 0 spiro atoms. The van der Waals surface area contributed by atoms with Crippen LogP contribution in [0.5, 0.6) is 0 Å². The van der Waals surface area contributed by atoms with E-state index in [1.165, 1.54) is 24.0 Å². The van der Waals surface area contributed by atoms with Crippen LogP contribution in [0, 0.1) is 6.92 Å². The number of thioether (sulfide) groups is 1. The zero-order valence-corrected chi connectivity index (χ0v) is 15.5. The minimum atomic E-state index is 0. The Hall–Kier alpha value is -1.14. The van der Waals surface area contributed by atoms with Gasteiger partial charge in [0.15, 0.2) is 5.82 Å². The number of fused-ring (bicyclic) bond motifs is 1. The second kappa shape index (κ2) is 7.92. The number of benzene rings is 1. The fraction of sp³-hybridized carbons (Fsp3) is 0.438. The number of aryl methyl sites for hydroxylation is 2. The molecule has 0 atom stereocenters. The van der Waals surface area contributed by atoms with Crippen molar-refractivity contribution in [3.63, 3.8) is 0 Å². The van der Waals surface area contributed by atoms with Gasteiger partial charge in [0.05, 0.1) is 5.71 Å². The molecule has 0 saturated heterocycles. The van der Waals surface area contributed by atoms with E-state index >= 15 is 0 Å². The molecule has 1 aromatic carbocycles. The Labute approximate surface area is 146 Å². The molecule has 0 saturated carbocycles. The van der Waals surface area contributed by atoms with Crippen molar-refractivity contribution in [2.24, 2.45) is 5.10 Å². The van der Waals surface area contributed by atoms with Crippen molar-refractivity contribution in [2.45, 2.75) is 44.7 Å². The average Bonchev–Trinajstić information content (AvgIpc) is 2.91. The first-order chi connectivity index (χ1) is 10.3. The van der Waals surface area contributed by atoms with Crippen LogP contribution in [0.2, 0.25) is 0 Å². The topological polar surface area (TPSA) is 43.1 Å². The van der Waals surface area contributed by atoms with Gasteiger partial charge in [-0.15, -0.1) is 27.2 Å². The molecular formula is C16H21BrN4S. The monoisotopic (exact) mass is 380 g/mol. The van der Waals surface area contributed by atoms with Gasteiger partial charge in [-0.2, -0.15) is 9.78 Å². The van der Waals surface area contributed by atoms with Crippen LogP contribution in [-0.2, 0) is 6.42 Å². The summed E-state index contributed by atoms with van der Waals surface area (Å²) in [5.74, 6) is 1.84. The van der Waals surface area contributed by atoms with Crippen molar-refractivity contribution in [1.82, 2.24) is 14.9 Å². The summed E-state index contributed by atoms with van der Waals surface area (Å²) in [5, 5.41) is 14.2. The Morgan fingerprint density at radius 2 is 1.91 bits per heavy atom. The summed E-state index contributed by atoms with van der Waals surface area (Å²) in [7, 11) is 0. The number of rotatable bonds is 5. The van der Waals surface area contributed by atoms with Gasteiger partial charge >= 0.3 is 0 Å². The van der Waals surface area contributed by atoms with Gasteiger partial charge < -0.3 is 0 Å². The molecule has 0 bridgehead atoms. The Morgan fingerprint density at radius 3 is 2.64 bits per heavy atom. The Bertz CT molecular complexity index is 649. The lowest BCUT2D eigenvalue weighted by Crippen LogP contribution is -2.14. The molecule has 0 radical (unpaired) electrons. The highest BCUT2D eigenvalue weighted by Gasteiger charge is 2.19. The smallest absolute Gasteiger partial charge is 0.191 e. The third-order valence-electron chi connectivity index (χ3n) is 3.62. The number of unbranched alkanes of at least 4 members (excludes halogenated alkanes) is 2. The average molecular weight is 381 g/mol. The van der Waals surface area contributed by atoms with Crippen molar-refractivity contribution >= 4 is 34.5 Å². The van der Waals surface area contributed by atoms with Gasteiger partial charge in [-0.05, 0) is 18.9 Å². The number of nitrogens with zero attached hydrogens (tertiary/aromatic N) is 4. The maximum absolute atomic E-state index is 4.77. The maximum atomic E-state index is 4.77. The van der Waals surface area contributed by atoms with E-state index in [-0.39, 0.29) is 17.0 Å². The lowest BCUT2D eigenvalue weighted by Gasteiger charge is -2.14. The first-order valence-corrected chi connectivity index (χ1v) is 8.48. The number of aromatic nitrogens is 3. The van der Waals surface area contributed by atoms with Crippen LogP contribution in [0.1, 0.15) is 43.1 Å².